The lowest BCUT2D eigenvalue weighted by atomic mass is 9.93. The van der Waals surface area contributed by atoms with Crippen molar-refractivity contribution in [3.63, 3.8) is 0 Å². The van der Waals surface area contributed by atoms with Crippen LogP contribution < -0.4 is 21.3 Å². The number of ketones is 1. The maximum atomic E-state index is 13.9. The number of Topliss-reactive ketones (excluding diaryl/α,β-unsaturated/α-hetero) is 1. The number of unbranched alkanes of at least 4 members (excludes halogenated alkanes) is 12. The molecule has 0 radical (unpaired) electrons. The van der Waals surface area contributed by atoms with E-state index >= 15 is 0 Å². The van der Waals surface area contributed by atoms with E-state index in [4.69, 9.17) is 0 Å². The van der Waals surface area contributed by atoms with Crippen LogP contribution in [-0.4, -0.2) is 129 Å². The van der Waals surface area contributed by atoms with Crippen molar-refractivity contribution >= 4 is 47.2 Å². The molecule has 2 rings (SSSR count). The number of carboxylic acid groups (broad SMARTS) is 1. The Morgan fingerprint density at radius 2 is 1.10 bits per heavy atom. The van der Waals surface area contributed by atoms with Gasteiger partial charge in [0.15, 0.2) is 5.78 Å². The number of amides is 6. The van der Waals surface area contributed by atoms with E-state index in [9.17, 15) is 58.8 Å². The lowest BCUT2D eigenvalue weighted by Gasteiger charge is -2.29. The molecule has 384 valence electrons. The number of rotatable bonds is 32. The first-order valence-corrected chi connectivity index (χ1v) is 24.3. The van der Waals surface area contributed by atoms with Crippen molar-refractivity contribution < 1.29 is 58.8 Å². The number of carbonyl (C=O) groups is 8. The molecule has 2 aromatic carbocycles. The minimum atomic E-state index is -1.45. The van der Waals surface area contributed by atoms with Gasteiger partial charge in [0.2, 0.25) is 35.4 Å². The fourth-order valence-corrected chi connectivity index (χ4v) is 7.66. The molecule has 0 fully saturated rings. The normalized spacial score (nSPS) is 13.7. The van der Waals surface area contributed by atoms with Gasteiger partial charge in [0.25, 0.3) is 0 Å². The van der Waals surface area contributed by atoms with Crippen LogP contribution in [0.25, 0.3) is 11.1 Å². The quantitative estimate of drug-likeness (QED) is 0.0448. The molecule has 0 bridgehead atoms. The molecule has 69 heavy (non-hydrogen) atoms. The van der Waals surface area contributed by atoms with E-state index in [2.05, 4.69) is 28.2 Å². The van der Waals surface area contributed by atoms with E-state index in [1.54, 1.807) is 13.0 Å². The van der Waals surface area contributed by atoms with Crippen LogP contribution in [0.5, 0.6) is 11.5 Å². The molecule has 0 aliphatic heterocycles. The topological polar surface area (TPSA) is 272 Å². The lowest BCUT2D eigenvalue weighted by molar-refractivity contribution is -0.142. The average Bonchev–Trinajstić information content (AvgIpc) is 3.30. The van der Waals surface area contributed by atoms with E-state index in [1.165, 1.54) is 130 Å². The summed E-state index contributed by atoms with van der Waals surface area (Å²) in [5, 5.41) is 51.1. The van der Waals surface area contributed by atoms with Crippen LogP contribution in [0.3, 0.4) is 0 Å². The van der Waals surface area contributed by atoms with Crippen molar-refractivity contribution in [2.24, 2.45) is 5.92 Å². The second-order valence-electron chi connectivity index (χ2n) is 18.2. The number of likely N-dealkylation sites (N-methyl/N-ethyl adjacent to an activating group) is 2. The molecule has 18 heteroatoms. The smallest absolute Gasteiger partial charge is 0.325 e. The highest BCUT2D eigenvalue weighted by atomic mass is 16.4. The maximum absolute atomic E-state index is 13.9. The Labute approximate surface area is 407 Å². The zero-order chi connectivity index (χ0) is 51.8. The highest BCUT2D eigenvalue weighted by Gasteiger charge is 2.33. The first-order chi connectivity index (χ1) is 32.6. The van der Waals surface area contributed by atoms with Gasteiger partial charge in [-0.05, 0) is 75.9 Å². The Morgan fingerprint density at radius 3 is 1.64 bits per heavy atom. The van der Waals surface area contributed by atoms with Gasteiger partial charge >= 0.3 is 5.97 Å². The van der Waals surface area contributed by atoms with Crippen LogP contribution in [0, 0.1) is 5.92 Å². The van der Waals surface area contributed by atoms with Crippen LogP contribution in [0.1, 0.15) is 149 Å². The second-order valence-corrected chi connectivity index (χ2v) is 18.2. The average molecular weight is 967 g/mol. The van der Waals surface area contributed by atoms with E-state index in [1.807, 2.05) is 0 Å². The van der Waals surface area contributed by atoms with Crippen molar-refractivity contribution in [3.8, 4) is 22.6 Å². The summed E-state index contributed by atoms with van der Waals surface area (Å²) in [6.07, 6.45) is 15.4. The van der Waals surface area contributed by atoms with Gasteiger partial charge in [0, 0.05) is 37.6 Å². The first-order valence-electron chi connectivity index (χ1n) is 24.3. The van der Waals surface area contributed by atoms with Crippen molar-refractivity contribution in [1.29, 1.82) is 0 Å². The van der Waals surface area contributed by atoms with Gasteiger partial charge in [-0.1, -0.05) is 103 Å². The molecule has 0 unspecified atom stereocenters. The number of hydrogen-bond donors (Lipinski definition) is 8. The number of hydrogen-bond acceptors (Lipinski definition) is 11. The summed E-state index contributed by atoms with van der Waals surface area (Å²) >= 11 is 0. The number of phenols is 2. The van der Waals surface area contributed by atoms with E-state index in [-0.39, 0.29) is 52.7 Å². The third-order valence-electron chi connectivity index (χ3n) is 12.4. The summed E-state index contributed by atoms with van der Waals surface area (Å²) < 4.78 is 0. The van der Waals surface area contributed by atoms with Gasteiger partial charge in [-0.2, -0.15) is 0 Å². The van der Waals surface area contributed by atoms with Crippen LogP contribution >= 0.6 is 0 Å². The first kappa shape index (κ1) is 59.1. The summed E-state index contributed by atoms with van der Waals surface area (Å²) in [6, 6.07) is 2.44. The van der Waals surface area contributed by atoms with Gasteiger partial charge in [0.1, 0.15) is 35.7 Å². The molecular weight excluding hydrogens is 889 g/mol. The maximum Gasteiger partial charge on any atom is 0.325 e. The Hall–Kier alpha value is -6.04. The fraction of sp³-hybridized carbons (Fsp3) is 0.608. The molecule has 18 nitrogen and oxygen atoms in total. The predicted octanol–water partition coefficient (Wildman–Crippen LogP) is 5.05. The largest absolute Gasteiger partial charge is 0.507 e. The summed E-state index contributed by atoms with van der Waals surface area (Å²) in [6.45, 7) is 7.92. The molecule has 8 N–H and O–H groups in total. The predicted molar refractivity (Wildman–Crippen MR) is 262 cm³/mol. The van der Waals surface area contributed by atoms with Gasteiger partial charge in [-0.3, -0.25) is 38.4 Å². The van der Waals surface area contributed by atoms with Gasteiger partial charge in [-0.15, -0.1) is 0 Å². The van der Waals surface area contributed by atoms with Gasteiger partial charge < -0.3 is 51.5 Å². The molecule has 2 aromatic rings. The molecular formula is C51H78N6O12. The van der Waals surface area contributed by atoms with E-state index in [0.29, 0.717) is 12.0 Å². The zero-order valence-electron chi connectivity index (χ0n) is 41.9. The number of phenolic OH excluding ortho intramolecular Hbond substituents is 2. The third kappa shape index (κ3) is 19.8. The highest BCUT2D eigenvalue weighted by molar-refractivity contribution is 5.96. The highest BCUT2D eigenvalue weighted by Crippen LogP contribution is 2.39. The second kappa shape index (κ2) is 30.4. The van der Waals surface area contributed by atoms with E-state index < -0.39 is 84.8 Å². The Morgan fingerprint density at radius 1 is 0.594 bits per heavy atom. The van der Waals surface area contributed by atoms with Crippen LogP contribution in [0.15, 0.2) is 36.4 Å². The molecule has 0 aliphatic rings. The number of aliphatic hydroxyl groups excluding tert-OH is 1. The van der Waals surface area contributed by atoms with Crippen molar-refractivity contribution in [1.82, 2.24) is 31.1 Å². The Balaban J connectivity index is 2.11. The minimum absolute atomic E-state index is 0.0488. The molecule has 0 saturated heterocycles. The van der Waals surface area contributed by atoms with Crippen LogP contribution in [0.4, 0.5) is 0 Å². The number of carboxylic acids is 1. The summed E-state index contributed by atoms with van der Waals surface area (Å²) in [5.41, 5.74) is 0.846. The van der Waals surface area contributed by atoms with Crippen LogP contribution in [-0.2, 0) is 44.8 Å². The monoisotopic (exact) mass is 967 g/mol. The molecule has 0 aliphatic carbocycles. The van der Waals surface area contributed by atoms with Gasteiger partial charge in [-0.25, -0.2) is 0 Å². The molecule has 6 atom stereocenters. The summed E-state index contributed by atoms with van der Waals surface area (Å²) in [7, 11) is 2.71. The molecule has 6 amide bonds. The standard InChI is InChI=1S/C51H78N6O12/c1-9-10-11-12-13-14-15-16-17-18-19-20-21-22-44(62)56(7)41(31-58)49(66)54-34(4)48(65)52-30-45(63)57(8)46(50(67)53-33(3)36(6)59)38-24-26-43(61)40(29-38)39-28-37(23-25-42(39)60)27-32(2)47(64)55-35(5)51(68)69/h23-26,28-29,32-35,41,46,58,60-61H,9-22,27,30-31H2,1-8H3,(H,52,65)(H,53,67)(H,54,66)(H,55,64)(H,68,69)/t32-,33-,34+,35+,41+,46-/m0/s1. The number of benzene rings is 2. The lowest BCUT2D eigenvalue weighted by Crippen LogP contribution is -2.55. The van der Waals surface area contributed by atoms with Gasteiger partial charge in [0.05, 0.1) is 19.2 Å². The SMILES string of the molecule is CCCCCCCCCCCCCCCC(=O)N(C)[C@H](CO)C(=O)N[C@H](C)C(=O)NCC(=O)N(C)[C@H](C(=O)N[C@@H](C)C(C)=O)c1ccc(O)c(-c2cc(C[C@H](C)C(=O)N[C@H](C)C(=O)O)ccc2O)c1. The minimum Gasteiger partial charge on any atom is -0.507 e. The number of aliphatic carboxylic acids is 1. The fourth-order valence-electron chi connectivity index (χ4n) is 7.66. The zero-order valence-corrected chi connectivity index (χ0v) is 41.9. The van der Waals surface area contributed by atoms with Crippen molar-refractivity contribution in [2.75, 3.05) is 27.2 Å². The summed E-state index contributed by atoms with van der Waals surface area (Å²) in [5.74, 6) is -6.77. The molecule has 0 spiro atoms. The molecule has 0 aromatic heterocycles. The number of nitrogens with zero attached hydrogens (tertiary/aromatic N) is 2. The number of aliphatic hydroxyl groups is 1. The third-order valence-corrected chi connectivity index (χ3v) is 12.4. The molecule has 0 heterocycles. The Kier molecular flexibility index (Phi) is 26.1. The Bertz CT molecular complexity index is 2050. The van der Waals surface area contributed by atoms with Crippen LogP contribution in [0.2, 0.25) is 0 Å². The number of aromatic hydroxyl groups is 2. The van der Waals surface area contributed by atoms with E-state index in [0.717, 1.165) is 29.1 Å². The number of nitrogens with one attached hydrogen (secondary N) is 4. The molecule has 0 saturated carbocycles. The van der Waals surface area contributed by atoms with Crippen molar-refractivity contribution in [3.05, 3.63) is 47.5 Å². The number of carbonyl (C=O) groups excluding carboxylic acids is 7. The van der Waals surface area contributed by atoms with Crippen molar-refractivity contribution in [2.45, 2.75) is 168 Å². The summed E-state index contributed by atoms with van der Waals surface area (Å²) in [4.78, 5) is 105.